The fourth-order valence-corrected chi connectivity index (χ4v) is 3.57. The number of thioether (sulfide) groups is 1. The summed E-state index contributed by atoms with van der Waals surface area (Å²) in [6, 6.07) is 12.3. The van der Waals surface area contributed by atoms with Crippen LogP contribution in [0.5, 0.6) is 5.75 Å². The highest BCUT2D eigenvalue weighted by atomic mass is 35.5. The summed E-state index contributed by atoms with van der Waals surface area (Å²) in [6.07, 6.45) is 0.0557. The fourth-order valence-electron chi connectivity index (χ4n) is 2.37. The molecule has 2 rings (SSSR count). The first-order chi connectivity index (χ1) is 12.5. The number of amides is 1. The van der Waals surface area contributed by atoms with Crippen molar-refractivity contribution in [1.82, 2.24) is 5.32 Å². The largest absolute Gasteiger partial charge is 0.480 e. The van der Waals surface area contributed by atoms with Gasteiger partial charge in [-0.15, -0.1) is 0 Å². The van der Waals surface area contributed by atoms with E-state index in [9.17, 15) is 9.18 Å². The minimum Gasteiger partial charge on any atom is -0.480 e. The summed E-state index contributed by atoms with van der Waals surface area (Å²) >= 11 is 7.53. The molecule has 0 saturated carbocycles. The molecule has 0 spiro atoms. The van der Waals surface area contributed by atoms with Gasteiger partial charge in [-0.1, -0.05) is 42.8 Å². The lowest BCUT2D eigenvalue weighted by molar-refractivity contribution is -0.128. The Labute approximate surface area is 163 Å². The lowest BCUT2D eigenvalue weighted by atomic mass is 10.2. The van der Waals surface area contributed by atoms with Crippen molar-refractivity contribution in [1.29, 1.82) is 0 Å². The van der Waals surface area contributed by atoms with E-state index in [4.69, 9.17) is 16.3 Å². The van der Waals surface area contributed by atoms with Gasteiger partial charge < -0.3 is 10.1 Å². The summed E-state index contributed by atoms with van der Waals surface area (Å²) in [7, 11) is 0. The molecule has 1 atom stereocenters. The van der Waals surface area contributed by atoms with Gasteiger partial charge in [0.05, 0.1) is 0 Å². The Balaban J connectivity index is 1.76. The zero-order valence-electron chi connectivity index (χ0n) is 14.9. The van der Waals surface area contributed by atoms with Gasteiger partial charge in [0.2, 0.25) is 0 Å². The molecule has 3 nitrogen and oxygen atoms in total. The van der Waals surface area contributed by atoms with Crippen LogP contribution >= 0.6 is 23.4 Å². The first kappa shape index (κ1) is 20.6. The van der Waals surface area contributed by atoms with E-state index in [1.54, 1.807) is 12.1 Å². The summed E-state index contributed by atoms with van der Waals surface area (Å²) < 4.78 is 19.5. The summed E-state index contributed by atoms with van der Waals surface area (Å²) in [4.78, 5) is 12.3. The van der Waals surface area contributed by atoms with Crippen molar-refractivity contribution in [3.8, 4) is 5.75 Å². The van der Waals surface area contributed by atoms with E-state index in [1.165, 1.54) is 17.8 Å². The molecule has 0 aromatic heterocycles. The number of benzene rings is 2. The number of halogens is 2. The van der Waals surface area contributed by atoms with Crippen LogP contribution in [-0.4, -0.2) is 24.3 Å². The second kappa shape index (κ2) is 10.4. The van der Waals surface area contributed by atoms with Crippen LogP contribution in [0.2, 0.25) is 5.02 Å². The summed E-state index contributed by atoms with van der Waals surface area (Å²) in [5.41, 5.74) is 1.50. The number of carbonyl (C=O) groups excluding carboxylic acids is 1. The van der Waals surface area contributed by atoms with Gasteiger partial charge in [-0.2, -0.15) is 11.8 Å². The molecule has 0 aliphatic heterocycles. The number of hydrogen-bond acceptors (Lipinski definition) is 3. The summed E-state index contributed by atoms with van der Waals surface area (Å²) in [5.74, 6) is 1.42. The molecule has 1 amide bonds. The van der Waals surface area contributed by atoms with E-state index in [0.717, 1.165) is 11.3 Å². The molecule has 0 radical (unpaired) electrons. The molecule has 2 aromatic rings. The fraction of sp³-hybridized carbons (Fsp3) is 0.350. The minimum absolute atomic E-state index is 0.139. The Hall–Kier alpha value is -1.72. The summed E-state index contributed by atoms with van der Waals surface area (Å²) in [6.45, 7) is 4.35. The van der Waals surface area contributed by atoms with E-state index in [0.29, 0.717) is 35.1 Å². The van der Waals surface area contributed by atoms with Crippen LogP contribution < -0.4 is 10.1 Å². The van der Waals surface area contributed by atoms with Gasteiger partial charge in [0.1, 0.15) is 11.6 Å². The van der Waals surface area contributed by atoms with Gasteiger partial charge in [0.15, 0.2) is 6.10 Å². The molecule has 0 fully saturated rings. The minimum atomic E-state index is -0.526. The molecule has 26 heavy (non-hydrogen) atoms. The lowest BCUT2D eigenvalue weighted by Gasteiger charge is -2.18. The molecule has 2 aromatic carbocycles. The number of para-hydroxylation sites is 1. The van der Waals surface area contributed by atoms with Crippen LogP contribution in [0.25, 0.3) is 0 Å². The lowest BCUT2D eigenvalue weighted by Crippen LogP contribution is -2.39. The first-order valence-electron chi connectivity index (χ1n) is 8.53. The second-order valence-corrected chi connectivity index (χ2v) is 7.34. The Morgan fingerprint density at radius 2 is 2.04 bits per heavy atom. The number of hydrogen-bond donors (Lipinski definition) is 1. The number of carbonyl (C=O) groups is 1. The van der Waals surface area contributed by atoms with Gasteiger partial charge in [0, 0.05) is 28.6 Å². The van der Waals surface area contributed by atoms with Gasteiger partial charge >= 0.3 is 0 Å². The Kier molecular flexibility index (Phi) is 8.26. The number of rotatable bonds is 9. The number of ether oxygens (including phenoxy) is 1. The average Bonchev–Trinajstić information content (AvgIpc) is 2.62. The van der Waals surface area contributed by atoms with Crippen LogP contribution in [-0.2, 0) is 10.5 Å². The molecule has 0 heterocycles. The Morgan fingerprint density at radius 1 is 1.27 bits per heavy atom. The molecule has 0 saturated heterocycles. The van der Waals surface area contributed by atoms with Crippen LogP contribution in [0.1, 0.15) is 24.5 Å². The quantitative estimate of drug-likeness (QED) is 0.607. The van der Waals surface area contributed by atoms with Gasteiger partial charge in [-0.05, 0) is 37.1 Å². The van der Waals surface area contributed by atoms with Crippen molar-refractivity contribution in [3.63, 3.8) is 0 Å². The first-order valence-corrected chi connectivity index (χ1v) is 10.1. The smallest absolute Gasteiger partial charge is 0.261 e. The van der Waals surface area contributed by atoms with E-state index >= 15 is 0 Å². The van der Waals surface area contributed by atoms with Crippen LogP contribution in [0.3, 0.4) is 0 Å². The highest BCUT2D eigenvalue weighted by Crippen LogP contribution is 2.23. The van der Waals surface area contributed by atoms with Crippen molar-refractivity contribution in [2.75, 3.05) is 12.3 Å². The normalized spacial score (nSPS) is 11.8. The predicted octanol–water partition coefficient (Wildman–Crippen LogP) is 4.99. The van der Waals surface area contributed by atoms with Crippen molar-refractivity contribution in [2.45, 2.75) is 32.1 Å². The highest BCUT2D eigenvalue weighted by molar-refractivity contribution is 7.98. The summed E-state index contributed by atoms with van der Waals surface area (Å²) in [5, 5.41) is 3.31. The van der Waals surface area contributed by atoms with Crippen LogP contribution in [0.15, 0.2) is 42.5 Å². The van der Waals surface area contributed by atoms with Gasteiger partial charge in [-0.3, -0.25) is 4.79 Å². The molecular formula is C20H23ClFNO2S. The van der Waals surface area contributed by atoms with Crippen molar-refractivity contribution in [2.24, 2.45) is 0 Å². The zero-order valence-corrected chi connectivity index (χ0v) is 16.5. The molecular weight excluding hydrogens is 373 g/mol. The molecule has 6 heteroatoms. The number of nitrogens with one attached hydrogen (secondary N) is 1. The van der Waals surface area contributed by atoms with Gasteiger partial charge in [0.25, 0.3) is 5.91 Å². The van der Waals surface area contributed by atoms with Gasteiger partial charge in [-0.25, -0.2) is 4.39 Å². The highest BCUT2D eigenvalue weighted by Gasteiger charge is 2.18. The van der Waals surface area contributed by atoms with E-state index in [1.807, 2.05) is 38.1 Å². The topological polar surface area (TPSA) is 38.3 Å². The second-order valence-electron chi connectivity index (χ2n) is 5.82. The van der Waals surface area contributed by atoms with Crippen LogP contribution in [0.4, 0.5) is 4.39 Å². The van der Waals surface area contributed by atoms with E-state index in [2.05, 4.69) is 5.32 Å². The molecule has 0 aliphatic carbocycles. The van der Waals surface area contributed by atoms with Crippen molar-refractivity contribution >= 4 is 29.3 Å². The third-order valence-corrected chi connectivity index (χ3v) is 5.22. The third-order valence-electron chi connectivity index (χ3n) is 3.88. The third kappa shape index (κ3) is 5.92. The molecule has 0 bridgehead atoms. The van der Waals surface area contributed by atoms with Crippen molar-refractivity contribution in [3.05, 3.63) is 64.4 Å². The monoisotopic (exact) mass is 395 g/mol. The Bertz CT molecular complexity index is 721. The number of aryl methyl sites for hydroxylation is 1. The molecule has 1 N–H and O–H groups in total. The standard InChI is InChI=1S/C20H23ClFNO2S/c1-3-18(25-19-10-5-4-7-14(19)2)20(24)23-11-12-26-13-15-16(21)8-6-9-17(15)22/h4-10,18H,3,11-13H2,1-2H3,(H,23,24)/t18-/m0/s1. The predicted molar refractivity (Wildman–Crippen MR) is 106 cm³/mol. The average molecular weight is 396 g/mol. The maximum absolute atomic E-state index is 13.7. The SMILES string of the molecule is CC[C@H](Oc1ccccc1C)C(=O)NCCSCc1c(F)cccc1Cl. The van der Waals surface area contributed by atoms with E-state index in [-0.39, 0.29) is 11.7 Å². The van der Waals surface area contributed by atoms with E-state index < -0.39 is 6.10 Å². The molecule has 0 aliphatic rings. The maximum Gasteiger partial charge on any atom is 0.261 e. The van der Waals surface area contributed by atoms with Crippen LogP contribution in [0, 0.1) is 12.7 Å². The maximum atomic E-state index is 13.7. The molecule has 140 valence electrons. The molecule has 0 unspecified atom stereocenters. The Morgan fingerprint density at radius 3 is 2.73 bits per heavy atom. The zero-order chi connectivity index (χ0) is 18.9. The van der Waals surface area contributed by atoms with Crippen molar-refractivity contribution < 1.29 is 13.9 Å².